The molecule has 1 aromatic carbocycles. The van der Waals surface area contributed by atoms with Crippen molar-refractivity contribution in [2.24, 2.45) is 11.8 Å². The fourth-order valence-electron chi connectivity index (χ4n) is 5.35. The Morgan fingerprint density at radius 3 is 2.90 bits per heavy atom. The second kappa shape index (κ2) is 7.22. The van der Waals surface area contributed by atoms with Crippen molar-refractivity contribution in [2.75, 3.05) is 57.6 Å². The van der Waals surface area contributed by atoms with Crippen LogP contribution >= 0.6 is 0 Å². The Labute approximate surface area is 179 Å². The molecule has 0 radical (unpaired) electrons. The van der Waals surface area contributed by atoms with Crippen molar-refractivity contribution in [3.05, 3.63) is 30.4 Å². The lowest BCUT2D eigenvalue weighted by Gasteiger charge is -2.27. The van der Waals surface area contributed by atoms with E-state index in [1.54, 1.807) is 11.0 Å². The normalized spacial score (nSPS) is 33.2. The molecule has 2 amide bonds. The zero-order chi connectivity index (χ0) is 21.0. The molecular formula is C22H25N3O6. The van der Waals surface area contributed by atoms with Crippen LogP contribution in [-0.4, -0.2) is 81.1 Å². The lowest BCUT2D eigenvalue weighted by atomic mass is 9.77. The van der Waals surface area contributed by atoms with Gasteiger partial charge in [-0.3, -0.25) is 14.5 Å². The van der Waals surface area contributed by atoms with Crippen molar-refractivity contribution < 1.29 is 28.5 Å². The molecule has 1 aromatic rings. The highest BCUT2D eigenvalue weighted by Crippen LogP contribution is 2.53. The van der Waals surface area contributed by atoms with E-state index in [4.69, 9.17) is 18.9 Å². The minimum atomic E-state index is -0.746. The second-order valence-electron chi connectivity index (χ2n) is 8.61. The van der Waals surface area contributed by atoms with Gasteiger partial charge < -0.3 is 29.2 Å². The SMILES string of the molecule is O=C(NCCN1CCOCC1)[C@H]1[C@H]2C(=O)N(c3ccc4c(c3)OCO4)C[C@]23C=C[C@H]1O3. The zero-order valence-corrected chi connectivity index (χ0v) is 17.1. The topological polar surface area (TPSA) is 89.6 Å². The summed E-state index contributed by atoms with van der Waals surface area (Å²) < 4.78 is 22.4. The maximum absolute atomic E-state index is 13.4. The highest BCUT2D eigenvalue weighted by Gasteiger charge is 2.67. The number of nitrogens with one attached hydrogen (secondary N) is 1. The summed E-state index contributed by atoms with van der Waals surface area (Å²) >= 11 is 0. The number of benzene rings is 1. The van der Waals surface area contributed by atoms with Gasteiger partial charge in [-0.15, -0.1) is 0 Å². The van der Waals surface area contributed by atoms with Gasteiger partial charge in [0.1, 0.15) is 5.60 Å². The molecule has 0 saturated carbocycles. The van der Waals surface area contributed by atoms with Gasteiger partial charge in [-0.1, -0.05) is 12.2 Å². The maximum atomic E-state index is 13.4. The van der Waals surface area contributed by atoms with Crippen LogP contribution in [0.1, 0.15) is 0 Å². The molecule has 9 nitrogen and oxygen atoms in total. The van der Waals surface area contributed by atoms with Gasteiger partial charge in [-0.2, -0.15) is 0 Å². The van der Waals surface area contributed by atoms with Crippen LogP contribution in [0.25, 0.3) is 0 Å². The Kier molecular flexibility index (Phi) is 4.45. The van der Waals surface area contributed by atoms with E-state index in [-0.39, 0.29) is 24.7 Å². The maximum Gasteiger partial charge on any atom is 0.234 e. The molecule has 1 spiro atoms. The van der Waals surface area contributed by atoms with Gasteiger partial charge in [0.15, 0.2) is 11.5 Å². The Hall–Kier alpha value is -2.62. The molecule has 2 bridgehead atoms. The zero-order valence-electron chi connectivity index (χ0n) is 17.1. The molecule has 3 fully saturated rings. The van der Waals surface area contributed by atoms with E-state index in [1.807, 2.05) is 24.3 Å². The summed E-state index contributed by atoms with van der Waals surface area (Å²) in [5.74, 6) is 0.0632. The van der Waals surface area contributed by atoms with E-state index in [9.17, 15) is 9.59 Å². The first-order valence-electron chi connectivity index (χ1n) is 10.8. The van der Waals surface area contributed by atoms with Gasteiger partial charge in [0.2, 0.25) is 18.6 Å². The van der Waals surface area contributed by atoms with Crippen LogP contribution in [0.4, 0.5) is 5.69 Å². The fraction of sp³-hybridized carbons (Fsp3) is 0.545. The third-order valence-corrected chi connectivity index (χ3v) is 6.90. The molecule has 5 aliphatic heterocycles. The number of ether oxygens (including phenoxy) is 4. The minimum Gasteiger partial charge on any atom is -0.454 e. The standard InChI is InChI=1S/C22H25N3O6/c26-20(23-5-6-24-7-9-28-10-8-24)18-16-3-4-22(31-16)12-25(21(27)19(18)22)14-1-2-15-17(11-14)30-13-29-15/h1-4,11,16,18-19H,5-10,12-13H2,(H,23,26)/t16-,18-,19+,22-/m1/s1. The quantitative estimate of drug-likeness (QED) is 0.669. The van der Waals surface area contributed by atoms with Crippen LogP contribution in [0, 0.1) is 11.8 Å². The minimum absolute atomic E-state index is 0.0842. The van der Waals surface area contributed by atoms with Gasteiger partial charge in [-0.25, -0.2) is 0 Å². The number of anilines is 1. The Bertz CT molecular complexity index is 945. The van der Waals surface area contributed by atoms with Crippen LogP contribution in [0.2, 0.25) is 0 Å². The molecule has 6 rings (SSSR count). The van der Waals surface area contributed by atoms with Crippen LogP contribution in [0.15, 0.2) is 30.4 Å². The van der Waals surface area contributed by atoms with Gasteiger partial charge in [-0.05, 0) is 12.1 Å². The average Bonchev–Trinajstić information content (AvgIpc) is 3.54. The lowest BCUT2D eigenvalue weighted by Crippen LogP contribution is -2.46. The summed E-state index contributed by atoms with van der Waals surface area (Å²) in [5.41, 5.74) is -0.0189. The van der Waals surface area contributed by atoms with Crippen molar-refractivity contribution >= 4 is 17.5 Å². The van der Waals surface area contributed by atoms with Gasteiger partial charge in [0.05, 0.1) is 37.7 Å². The third kappa shape index (κ3) is 3.02. The van der Waals surface area contributed by atoms with Gasteiger partial charge >= 0.3 is 0 Å². The molecule has 0 aromatic heterocycles. The van der Waals surface area contributed by atoms with E-state index in [0.717, 1.165) is 38.5 Å². The van der Waals surface area contributed by atoms with Crippen molar-refractivity contribution in [1.29, 1.82) is 0 Å². The van der Waals surface area contributed by atoms with Crippen molar-refractivity contribution in [1.82, 2.24) is 10.2 Å². The van der Waals surface area contributed by atoms with E-state index >= 15 is 0 Å². The number of morpholine rings is 1. The van der Waals surface area contributed by atoms with Crippen molar-refractivity contribution in [3.63, 3.8) is 0 Å². The van der Waals surface area contributed by atoms with Crippen LogP contribution in [0.5, 0.6) is 11.5 Å². The molecular weight excluding hydrogens is 402 g/mol. The molecule has 9 heteroatoms. The number of amides is 2. The number of carbonyl (C=O) groups is 2. The van der Waals surface area contributed by atoms with E-state index in [2.05, 4.69) is 10.2 Å². The molecule has 4 atom stereocenters. The number of hydrogen-bond acceptors (Lipinski definition) is 7. The largest absolute Gasteiger partial charge is 0.454 e. The van der Waals surface area contributed by atoms with Crippen LogP contribution in [-0.2, 0) is 19.1 Å². The van der Waals surface area contributed by atoms with E-state index in [1.165, 1.54) is 0 Å². The first-order valence-corrected chi connectivity index (χ1v) is 10.8. The number of nitrogens with zero attached hydrogens (tertiary/aromatic N) is 2. The second-order valence-corrected chi connectivity index (χ2v) is 8.61. The fourth-order valence-corrected chi connectivity index (χ4v) is 5.35. The van der Waals surface area contributed by atoms with E-state index in [0.29, 0.717) is 24.6 Å². The predicted molar refractivity (Wildman–Crippen MR) is 109 cm³/mol. The summed E-state index contributed by atoms with van der Waals surface area (Å²) in [4.78, 5) is 30.5. The average molecular weight is 427 g/mol. The Morgan fingerprint density at radius 2 is 2.03 bits per heavy atom. The molecule has 0 unspecified atom stereocenters. The monoisotopic (exact) mass is 427 g/mol. The summed E-state index contributed by atoms with van der Waals surface area (Å²) in [6, 6.07) is 5.46. The number of fused-ring (bicyclic) bond motifs is 2. The number of hydrogen-bond donors (Lipinski definition) is 1. The molecule has 5 aliphatic rings. The summed E-state index contributed by atoms with van der Waals surface area (Å²) in [5, 5.41) is 3.03. The molecule has 3 saturated heterocycles. The third-order valence-electron chi connectivity index (χ3n) is 6.90. The van der Waals surface area contributed by atoms with Crippen molar-refractivity contribution in [2.45, 2.75) is 11.7 Å². The smallest absolute Gasteiger partial charge is 0.234 e. The number of rotatable bonds is 5. The molecule has 5 heterocycles. The van der Waals surface area contributed by atoms with Crippen LogP contribution in [0.3, 0.4) is 0 Å². The van der Waals surface area contributed by atoms with E-state index < -0.39 is 17.4 Å². The Balaban J connectivity index is 1.17. The molecule has 1 N–H and O–H groups in total. The first kappa shape index (κ1) is 19.1. The predicted octanol–water partition coefficient (Wildman–Crippen LogP) is 0.150. The highest BCUT2D eigenvalue weighted by atomic mass is 16.7. The highest BCUT2D eigenvalue weighted by molar-refractivity contribution is 6.03. The summed E-state index contributed by atoms with van der Waals surface area (Å²) in [6.07, 6.45) is 3.54. The summed E-state index contributed by atoms with van der Waals surface area (Å²) in [6.45, 7) is 5.10. The Morgan fingerprint density at radius 1 is 1.19 bits per heavy atom. The van der Waals surface area contributed by atoms with Gasteiger partial charge in [0, 0.05) is 37.9 Å². The molecule has 31 heavy (non-hydrogen) atoms. The number of carbonyl (C=O) groups excluding carboxylic acids is 2. The lowest BCUT2D eigenvalue weighted by molar-refractivity contribution is -0.132. The van der Waals surface area contributed by atoms with Crippen LogP contribution < -0.4 is 19.7 Å². The van der Waals surface area contributed by atoms with Gasteiger partial charge in [0.25, 0.3) is 0 Å². The van der Waals surface area contributed by atoms with Crippen molar-refractivity contribution in [3.8, 4) is 11.5 Å². The molecule has 164 valence electrons. The first-order chi connectivity index (χ1) is 15.1. The molecule has 0 aliphatic carbocycles. The summed E-state index contributed by atoms with van der Waals surface area (Å²) in [7, 11) is 0.